The van der Waals surface area contributed by atoms with Crippen LogP contribution in [0, 0.1) is 0 Å². The molecule has 1 saturated heterocycles. The maximum absolute atomic E-state index is 13.6. The van der Waals surface area contributed by atoms with Crippen LogP contribution in [0.4, 0.5) is 0 Å². The second kappa shape index (κ2) is 10.8. The van der Waals surface area contributed by atoms with E-state index in [2.05, 4.69) is 28.1 Å². The number of nitrogens with one attached hydrogen (secondary N) is 3. The molecule has 2 aromatic carbocycles. The Morgan fingerprint density at radius 3 is 2.29 bits per heavy atom. The van der Waals surface area contributed by atoms with E-state index >= 15 is 0 Å². The van der Waals surface area contributed by atoms with Crippen LogP contribution in [0.3, 0.4) is 0 Å². The summed E-state index contributed by atoms with van der Waals surface area (Å²) >= 11 is 0. The first-order valence-corrected chi connectivity index (χ1v) is 12.2. The molecule has 2 aromatic rings. The first-order chi connectivity index (χ1) is 16.5. The first-order valence-electron chi connectivity index (χ1n) is 12.2. The highest BCUT2D eigenvalue weighted by molar-refractivity contribution is 5.93. The van der Waals surface area contributed by atoms with E-state index in [0.717, 1.165) is 24.8 Å². The number of hydrogen-bond donors (Lipinski definition) is 3. The van der Waals surface area contributed by atoms with E-state index in [1.807, 2.05) is 42.5 Å². The van der Waals surface area contributed by atoms with E-state index in [0.29, 0.717) is 19.4 Å². The quantitative estimate of drug-likeness (QED) is 0.556. The molecule has 0 spiro atoms. The molecule has 1 aliphatic carbocycles. The number of rotatable bonds is 8. The number of likely N-dealkylation sites (tertiary alicyclic amines) is 1. The molecule has 3 N–H and O–H groups in total. The Morgan fingerprint density at radius 2 is 1.65 bits per heavy atom. The number of carbonyl (C=O) groups is 3. The van der Waals surface area contributed by atoms with Crippen molar-refractivity contribution in [2.24, 2.45) is 0 Å². The van der Waals surface area contributed by atoms with Crippen molar-refractivity contribution in [2.45, 2.75) is 63.2 Å². The van der Waals surface area contributed by atoms with Gasteiger partial charge in [-0.25, -0.2) is 0 Å². The fourth-order valence-electron chi connectivity index (χ4n) is 4.94. The lowest BCUT2D eigenvalue weighted by molar-refractivity contribution is -0.141. The van der Waals surface area contributed by atoms with E-state index in [1.165, 1.54) is 11.1 Å². The summed E-state index contributed by atoms with van der Waals surface area (Å²) in [7, 11) is 1.71. The Bertz CT molecular complexity index is 1000. The number of nitrogens with zero attached hydrogens (tertiary/aromatic N) is 1. The number of hydrogen-bond acceptors (Lipinski definition) is 4. The SMILES string of the molecule is CN[C@@H](C)C(=O)N[C@@H](Cc1ccccc1)C(=O)N1CCCC1C(=O)NC1Cc2ccccc2C1. The van der Waals surface area contributed by atoms with Gasteiger partial charge in [0.25, 0.3) is 0 Å². The summed E-state index contributed by atoms with van der Waals surface area (Å²) in [6.45, 7) is 2.27. The maximum atomic E-state index is 13.6. The summed E-state index contributed by atoms with van der Waals surface area (Å²) < 4.78 is 0. The van der Waals surface area contributed by atoms with Gasteiger partial charge < -0.3 is 20.9 Å². The molecule has 0 radical (unpaired) electrons. The summed E-state index contributed by atoms with van der Waals surface area (Å²) in [6.07, 6.45) is 3.42. The van der Waals surface area contributed by atoms with Crippen LogP contribution >= 0.6 is 0 Å². The monoisotopic (exact) mass is 462 g/mol. The molecule has 180 valence electrons. The van der Waals surface area contributed by atoms with Gasteiger partial charge in [-0.15, -0.1) is 0 Å². The zero-order valence-electron chi connectivity index (χ0n) is 19.9. The van der Waals surface area contributed by atoms with Gasteiger partial charge in [0.15, 0.2) is 0 Å². The molecule has 34 heavy (non-hydrogen) atoms. The minimum absolute atomic E-state index is 0.0544. The number of amides is 3. The van der Waals surface area contributed by atoms with Crippen molar-refractivity contribution >= 4 is 17.7 Å². The van der Waals surface area contributed by atoms with E-state index in [4.69, 9.17) is 0 Å². The highest BCUT2D eigenvalue weighted by atomic mass is 16.2. The van der Waals surface area contributed by atoms with Gasteiger partial charge in [0, 0.05) is 19.0 Å². The number of likely N-dealkylation sites (N-methyl/N-ethyl adjacent to an activating group) is 1. The van der Waals surface area contributed by atoms with E-state index < -0.39 is 18.1 Å². The molecule has 1 aliphatic heterocycles. The minimum atomic E-state index is -0.727. The van der Waals surface area contributed by atoms with Crippen molar-refractivity contribution in [3.8, 4) is 0 Å². The molecular formula is C27H34N4O3. The second-order valence-electron chi connectivity index (χ2n) is 9.33. The predicted octanol–water partition coefficient (Wildman–Crippen LogP) is 1.60. The van der Waals surface area contributed by atoms with Gasteiger partial charge in [-0.2, -0.15) is 0 Å². The van der Waals surface area contributed by atoms with E-state index in [-0.39, 0.29) is 23.8 Å². The lowest BCUT2D eigenvalue weighted by atomic mass is 10.0. The summed E-state index contributed by atoms with van der Waals surface area (Å²) in [5, 5.41) is 9.01. The average Bonchev–Trinajstić information content (AvgIpc) is 3.50. The molecule has 3 amide bonds. The molecule has 2 aliphatic rings. The molecule has 1 heterocycles. The van der Waals surface area contributed by atoms with E-state index in [1.54, 1.807) is 18.9 Å². The molecule has 0 bridgehead atoms. The van der Waals surface area contributed by atoms with Crippen LogP contribution in [-0.2, 0) is 33.6 Å². The van der Waals surface area contributed by atoms with Crippen LogP contribution in [0.15, 0.2) is 54.6 Å². The molecule has 7 nitrogen and oxygen atoms in total. The van der Waals surface area contributed by atoms with Crippen LogP contribution in [0.25, 0.3) is 0 Å². The van der Waals surface area contributed by atoms with Crippen LogP contribution in [0.2, 0.25) is 0 Å². The Hall–Kier alpha value is -3.19. The third kappa shape index (κ3) is 5.47. The van der Waals surface area contributed by atoms with Gasteiger partial charge in [-0.05, 0) is 56.3 Å². The lowest BCUT2D eigenvalue weighted by Crippen LogP contribution is -2.56. The van der Waals surface area contributed by atoms with Gasteiger partial charge in [0.05, 0.1) is 6.04 Å². The van der Waals surface area contributed by atoms with E-state index in [9.17, 15) is 14.4 Å². The molecule has 0 aromatic heterocycles. The topological polar surface area (TPSA) is 90.5 Å². The average molecular weight is 463 g/mol. The first kappa shape index (κ1) is 24.0. The summed E-state index contributed by atoms with van der Waals surface area (Å²) in [4.78, 5) is 41.1. The van der Waals surface area contributed by atoms with Crippen molar-refractivity contribution in [2.75, 3.05) is 13.6 Å². The van der Waals surface area contributed by atoms with Gasteiger partial charge in [0.2, 0.25) is 17.7 Å². The molecule has 0 saturated carbocycles. The Kier molecular flexibility index (Phi) is 7.63. The van der Waals surface area contributed by atoms with Crippen LogP contribution in [0.5, 0.6) is 0 Å². The Morgan fingerprint density at radius 1 is 1.00 bits per heavy atom. The largest absolute Gasteiger partial charge is 0.351 e. The Balaban J connectivity index is 1.45. The van der Waals surface area contributed by atoms with Gasteiger partial charge in [0.1, 0.15) is 12.1 Å². The zero-order chi connectivity index (χ0) is 24.1. The molecule has 7 heteroatoms. The standard InChI is InChI=1S/C27H34N4O3/c1-18(28-2)25(32)30-23(15-19-9-4-3-5-10-19)27(34)31-14-8-13-24(31)26(33)29-22-16-20-11-6-7-12-21(20)17-22/h3-7,9-12,18,22-24,28H,8,13-17H2,1-2H3,(H,29,33)(H,30,32)/t18-,23-,24?/m0/s1. The second-order valence-corrected chi connectivity index (χ2v) is 9.33. The fourth-order valence-corrected chi connectivity index (χ4v) is 4.94. The molecule has 1 unspecified atom stereocenters. The van der Waals surface area contributed by atoms with Crippen molar-refractivity contribution in [3.63, 3.8) is 0 Å². The Labute approximate surface area is 201 Å². The predicted molar refractivity (Wildman–Crippen MR) is 131 cm³/mol. The van der Waals surface area contributed by atoms with Crippen molar-refractivity contribution < 1.29 is 14.4 Å². The van der Waals surface area contributed by atoms with Crippen molar-refractivity contribution in [1.29, 1.82) is 0 Å². The van der Waals surface area contributed by atoms with Crippen LogP contribution in [-0.4, -0.2) is 60.4 Å². The summed E-state index contributed by atoms with van der Waals surface area (Å²) in [5.41, 5.74) is 3.51. The summed E-state index contributed by atoms with van der Waals surface area (Å²) in [5.74, 6) is -0.536. The zero-order valence-corrected chi connectivity index (χ0v) is 19.9. The van der Waals surface area contributed by atoms with Crippen molar-refractivity contribution in [3.05, 3.63) is 71.3 Å². The van der Waals surface area contributed by atoms with Crippen LogP contribution in [0.1, 0.15) is 36.5 Å². The molecule has 4 rings (SSSR count). The smallest absolute Gasteiger partial charge is 0.246 e. The third-order valence-corrected chi connectivity index (χ3v) is 6.96. The number of benzene rings is 2. The number of carbonyl (C=O) groups excluding carboxylic acids is 3. The van der Waals surface area contributed by atoms with Gasteiger partial charge >= 0.3 is 0 Å². The molecular weight excluding hydrogens is 428 g/mol. The minimum Gasteiger partial charge on any atom is -0.351 e. The molecule has 1 fully saturated rings. The van der Waals surface area contributed by atoms with Gasteiger partial charge in [-0.1, -0.05) is 54.6 Å². The molecule has 3 atom stereocenters. The van der Waals surface area contributed by atoms with Crippen molar-refractivity contribution in [1.82, 2.24) is 20.9 Å². The number of fused-ring (bicyclic) bond motifs is 1. The third-order valence-electron chi connectivity index (χ3n) is 6.96. The van der Waals surface area contributed by atoms with Gasteiger partial charge in [-0.3, -0.25) is 14.4 Å². The lowest BCUT2D eigenvalue weighted by Gasteiger charge is -2.30. The fraction of sp³-hybridized carbons (Fsp3) is 0.444. The highest BCUT2D eigenvalue weighted by Gasteiger charge is 2.39. The highest BCUT2D eigenvalue weighted by Crippen LogP contribution is 2.24. The summed E-state index contributed by atoms with van der Waals surface area (Å²) in [6, 6.07) is 16.3. The van der Waals surface area contributed by atoms with Crippen LogP contribution < -0.4 is 16.0 Å². The normalized spacial score (nSPS) is 19.4. The maximum Gasteiger partial charge on any atom is 0.246 e.